The number of ether oxygens (including phenoxy) is 1. The zero-order valence-corrected chi connectivity index (χ0v) is 10.8. The summed E-state index contributed by atoms with van der Waals surface area (Å²) >= 11 is 0. The summed E-state index contributed by atoms with van der Waals surface area (Å²) in [6, 6.07) is 9.16. The average Bonchev–Trinajstić information content (AvgIpc) is 2.39. The van der Waals surface area contributed by atoms with Crippen molar-refractivity contribution in [2.24, 2.45) is 0 Å². The molecule has 0 saturated carbocycles. The van der Waals surface area contributed by atoms with Gasteiger partial charge in [0.1, 0.15) is 11.5 Å². The molecule has 19 heavy (non-hydrogen) atoms. The minimum Gasteiger partial charge on any atom is -0.478 e. The number of benzene rings is 1. The molecule has 0 aliphatic rings. The molecule has 0 bridgehead atoms. The van der Waals surface area contributed by atoms with Crippen molar-refractivity contribution >= 4 is 5.97 Å². The first-order valence-corrected chi connectivity index (χ1v) is 6.03. The van der Waals surface area contributed by atoms with Gasteiger partial charge >= 0.3 is 5.97 Å². The minimum atomic E-state index is -1.02. The number of carbonyl (C=O) groups is 1. The van der Waals surface area contributed by atoms with Gasteiger partial charge < -0.3 is 9.84 Å². The van der Waals surface area contributed by atoms with Gasteiger partial charge in [-0.2, -0.15) is 0 Å². The first-order valence-electron chi connectivity index (χ1n) is 6.03. The normalized spacial score (nSPS) is 10.5. The van der Waals surface area contributed by atoms with Gasteiger partial charge in [0.05, 0.1) is 11.8 Å². The maximum atomic E-state index is 10.9. The van der Waals surface area contributed by atoms with E-state index in [1.807, 2.05) is 24.3 Å². The van der Waals surface area contributed by atoms with Crippen molar-refractivity contribution < 1.29 is 14.6 Å². The highest BCUT2D eigenvalue weighted by Crippen LogP contribution is 2.30. The van der Waals surface area contributed by atoms with Gasteiger partial charge in [-0.1, -0.05) is 32.0 Å². The molecule has 0 amide bonds. The van der Waals surface area contributed by atoms with Gasteiger partial charge in [0.25, 0.3) is 0 Å². The van der Waals surface area contributed by atoms with Crippen molar-refractivity contribution in [2.75, 3.05) is 0 Å². The van der Waals surface area contributed by atoms with Crippen molar-refractivity contribution in [2.45, 2.75) is 19.8 Å². The fourth-order valence-corrected chi connectivity index (χ4v) is 1.77. The third-order valence-corrected chi connectivity index (χ3v) is 2.73. The van der Waals surface area contributed by atoms with Gasteiger partial charge in [0, 0.05) is 6.20 Å². The van der Waals surface area contributed by atoms with Crippen LogP contribution in [0.15, 0.2) is 42.7 Å². The molecule has 0 unspecified atom stereocenters. The maximum Gasteiger partial charge on any atom is 0.337 e. The molecular formula is C15H15NO3. The Morgan fingerprint density at radius 3 is 2.68 bits per heavy atom. The Hall–Kier alpha value is -2.36. The van der Waals surface area contributed by atoms with E-state index < -0.39 is 5.97 Å². The molecule has 2 rings (SSSR count). The van der Waals surface area contributed by atoms with Gasteiger partial charge in [-0.05, 0) is 23.6 Å². The Balaban J connectivity index is 2.31. The minimum absolute atomic E-state index is 0.111. The number of hydrogen-bond donors (Lipinski definition) is 1. The van der Waals surface area contributed by atoms with Gasteiger partial charge in [0.2, 0.25) is 0 Å². The maximum absolute atomic E-state index is 10.9. The van der Waals surface area contributed by atoms with E-state index in [2.05, 4.69) is 18.8 Å². The van der Waals surface area contributed by atoms with E-state index >= 15 is 0 Å². The summed E-state index contributed by atoms with van der Waals surface area (Å²) in [4.78, 5) is 14.8. The van der Waals surface area contributed by atoms with Gasteiger partial charge in [-0.25, -0.2) is 4.79 Å². The Morgan fingerprint density at radius 2 is 2.00 bits per heavy atom. The van der Waals surface area contributed by atoms with E-state index in [-0.39, 0.29) is 5.56 Å². The third-order valence-electron chi connectivity index (χ3n) is 2.73. The molecule has 4 nitrogen and oxygen atoms in total. The monoisotopic (exact) mass is 257 g/mol. The highest BCUT2D eigenvalue weighted by atomic mass is 16.5. The van der Waals surface area contributed by atoms with Crippen molar-refractivity contribution in [3.63, 3.8) is 0 Å². The first kappa shape index (κ1) is 13.1. The lowest BCUT2D eigenvalue weighted by atomic mass is 10.0. The van der Waals surface area contributed by atoms with Gasteiger partial charge in [0.15, 0.2) is 0 Å². The largest absolute Gasteiger partial charge is 0.478 e. The van der Waals surface area contributed by atoms with Crippen LogP contribution in [-0.2, 0) is 0 Å². The van der Waals surface area contributed by atoms with E-state index in [1.54, 1.807) is 0 Å². The summed E-state index contributed by atoms with van der Waals surface area (Å²) in [5, 5.41) is 8.92. The van der Waals surface area contributed by atoms with Crippen LogP contribution in [-0.4, -0.2) is 16.1 Å². The Kier molecular flexibility index (Phi) is 3.80. The highest BCUT2D eigenvalue weighted by Gasteiger charge is 2.10. The van der Waals surface area contributed by atoms with Crippen LogP contribution in [0, 0.1) is 0 Å². The van der Waals surface area contributed by atoms with Crippen LogP contribution in [0.25, 0.3) is 0 Å². The summed E-state index contributed by atoms with van der Waals surface area (Å²) in [6.07, 6.45) is 2.80. The summed E-state index contributed by atoms with van der Waals surface area (Å²) in [7, 11) is 0. The second kappa shape index (κ2) is 5.52. The van der Waals surface area contributed by atoms with E-state index in [1.165, 1.54) is 18.5 Å². The summed E-state index contributed by atoms with van der Waals surface area (Å²) < 4.78 is 5.74. The Bertz CT molecular complexity index is 593. The van der Waals surface area contributed by atoms with Crippen LogP contribution >= 0.6 is 0 Å². The van der Waals surface area contributed by atoms with Crippen molar-refractivity contribution in [1.29, 1.82) is 0 Å². The number of aromatic nitrogens is 1. The van der Waals surface area contributed by atoms with Gasteiger partial charge in [-0.3, -0.25) is 4.98 Å². The Labute approximate surface area is 111 Å². The topological polar surface area (TPSA) is 59.4 Å². The summed E-state index contributed by atoms with van der Waals surface area (Å²) in [6.45, 7) is 4.15. The number of carboxylic acid groups (broad SMARTS) is 1. The second-order valence-electron chi connectivity index (χ2n) is 4.51. The van der Waals surface area contributed by atoms with Crippen molar-refractivity contribution in [3.8, 4) is 11.5 Å². The van der Waals surface area contributed by atoms with Gasteiger partial charge in [-0.15, -0.1) is 0 Å². The molecule has 2 aromatic rings. The zero-order chi connectivity index (χ0) is 13.8. The van der Waals surface area contributed by atoms with Crippen LogP contribution in [0.2, 0.25) is 0 Å². The van der Waals surface area contributed by atoms with E-state index in [0.717, 1.165) is 11.3 Å². The van der Waals surface area contributed by atoms with E-state index in [0.29, 0.717) is 11.7 Å². The molecule has 4 heteroatoms. The predicted octanol–water partition coefficient (Wildman–Crippen LogP) is 3.70. The SMILES string of the molecule is CC(C)c1ccccc1Oc1cncc(C(=O)O)c1. The number of hydrogen-bond acceptors (Lipinski definition) is 3. The van der Waals surface area contributed by atoms with Crippen LogP contribution in [0.5, 0.6) is 11.5 Å². The lowest BCUT2D eigenvalue weighted by Gasteiger charge is -2.13. The molecule has 98 valence electrons. The smallest absolute Gasteiger partial charge is 0.337 e. The number of nitrogens with zero attached hydrogens (tertiary/aromatic N) is 1. The van der Waals surface area contributed by atoms with Crippen molar-refractivity contribution in [1.82, 2.24) is 4.98 Å². The number of aromatic carboxylic acids is 1. The molecular weight excluding hydrogens is 242 g/mol. The summed E-state index contributed by atoms with van der Waals surface area (Å²) in [5.74, 6) is 0.455. The van der Waals surface area contributed by atoms with E-state index in [9.17, 15) is 4.79 Å². The van der Waals surface area contributed by atoms with Crippen molar-refractivity contribution in [3.05, 3.63) is 53.9 Å². The fourth-order valence-electron chi connectivity index (χ4n) is 1.77. The van der Waals surface area contributed by atoms with Crippen LogP contribution < -0.4 is 4.74 Å². The lowest BCUT2D eigenvalue weighted by molar-refractivity contribution is 0.0696. The molecule has 0 spiro atoms. The Morgan fingerprint density at radius 1 is 1.26 bits per heavy atom. The van der Waals surface area contributed by atoms with Crippen LogP contribution in [0.4, 0.5) is 0 Å². The highest BCUT2D eigenvalue weighted by molar-refractivity contribution is 5.87. The molecule has 0 radical (unpaired) electrons. The quantitative estimate of drug-likeness (QED) is 0.907. The predicted molar refractivity (Wildman–Crippen MR) is 71.8 cm³/mol. The standard InChI is InChI=1S/C15H15NO3/c1-10(2)13-5-3-4-6-14(13)19-12-7-11(15(17)18)8-16-9-12/h3-10H,1-2H3,(H,17,18). The van der Waals surface area contributed by atoms with Crippen LogP contribution in [0.1, 0.15) is 35.7 Å². The first-order chi connectivity index (χ1) is 9.08. The third kappa shape index (κ3) is 3.10. The van der Waals surface area contributed by atoms with E-state index in [4.69, 9.17) is 9.84 Å². The molecule has 0 saturated heterocycles. The fraction of sp³-hybridized carbons (Fsp3) is 0.200. The molecule has 0 fully saturated rings. The van der Waals surface area contributed by atoms with Crippen LogP contribution in [0.3, 0.4) is 0 Å². The molecule has 1 aromatic carbocycles. The molecule has 1 heterocycles. The molecule has 1 aromatic heterocycles. The average molecular weight is 257 g/mol. The second-order valence-corrected chi connectivity index (χ2v) is 4.51. The molecule has 0 aliphatic heterocycles. The summed E-state index contributed by atoms with van der Waals surface area (Å²) in [5.41, 5.74) is 1.18. The number of rotatable bonds is 4. The lowest BCUT2D eigenvalue weighted by Crippen LogP contribution is -1.98. The molecule has 1 N–H and O–H groups in total. The molecule has 0 atom stereocenters. The number of para-hydroxylation sites is 1. The number of pyridine rings is 1. The zero-order valence-electron chi connectivity index (χ0n) is 10.8. The number of carboxylic acids is 1. The molecule has 0 aliphatic carbocycles.